The Morgan fingerprint density at radius 1 is 1.30 bits per heavy atom. The number of primary amides is 1. The van der Waals surface area contributed by atoms with Crippen LogP contribution in [0.5, 0.6) is 0 Å². The highest BCUT2D eigenvalue weighted by Gasteiger charge is 2.33. The molecule has 2 amide bonds. The lowest BCUT2D eigenvalue weighted by atomic mass is 9.96. The molecular weight excluding hydrogens is 458 g/mol. The summed E-state index contributed by atoms with van der Waals surface area (Å²) in [4.78, 5) is 47.0. The van der Waals surface area contributed by atoms with Crippen molar-refractivity contribution in [2.45, 2.75) is 33.6 Å². The van der Waals surface area contributed by atoms with Crippen LogP contribution in [-0.4, -0.2) is 50.1 Å². The van der Waals surface area contributed by atoms with Crippen molar-refractivity contribution in [1.29, 1.82) is 0 Å². The maximum absolute atomic E-state index is 13.6. The minimum atomic E-state index is -0.300. The van der Waals surface area contributed by atoms with E-state index in [9.17, 15) is 14.4 Å². The lowest BCUT2D eigenvalue weighted by Gasteiger charge is -2.32. The minimum absolute atomic E-state index is 0.179. The molecule has 2 saturated heterocycles. The lowest BCUT2D eigenvalue weighted by Crippen LogP contribution is -2.40. The number of pyridine rings is 1. The number of aryl methyl sites for hydroxylation is 1. The average Bonchev–Trinajstić information content (AvgIpc) is 3.03. The molecule has 0 bridgehead atoms. The first kappa shape index (κ1) is 23.4. The second-order valence-corrected chi connectivity index (χ2v) is 10.6. The van der Waals surface area contributed by atoms with Crippen LogP contribution in [0.1, 0.15) is 37.8 Å². The van der Waals surface area contributed by atoms with Crippen molar-refractivity contribution in [3.63, 3.8) is 0 Å². The molecule has 0 spiro atoms. The largest absolute Gasteiger partial charge is 0.369 e. The molecule has 0 aliphatic carbocycles. The SMILES string of the molecule is Cc1ccc2nc(N3CCC(C(N)=O)CC3)c(/C=C3/SC(=S)N(CC(C)C)C3=O)c(=O)n2c1. The highest BCUT2D eigenvalue weighted by atomic mass is 32.2. The molecule has 2 fully saturated rings. The number of thioether (sulfide) groups is 1. The third-order valence-electron chi connectivity index (χ3n) is 5.88. The number of rotatable bonds is 5. The Labute approximate surface area is 201 Å². The van der Waals surface area contributed by atoms with E-state index in [2.05, 4.69) is 0 Å². The van der Waals surface area contributed by atoms with Crippen LogP contribution in [0, 0.1) is 18.8 Å². The molecule has 0 unspecified atom stereocenters. The van der Waals surface area contributed by atoms with Gasteiger partial charge in [0.25, 0.3) is 11.5 Å². The van der Waals surface area contributed by atoms with E-state index in [4.69, 9.17) is 22.9 Å². The molecule has 2 N–H and O–H groups in total. The molecule has 0 aromatic carbocycles. The van der Waals surface area contributed by atoms with Crippen LogP contribution in [0.25, 0.3) is 11.7 Å². The average molecular weight is 486 g/mol. The summed E-state index contributed by atoms with van der Waals surface area (Å²) in [7, 11) is 0. The van der Waals surface area contributed by atoms with Gasteiger partial charge >= 0.3 is 0 Å². The van der Waals surface area contributed by atoms with E-state index >= 15 is 0 Å². The molecule has 2 aromatic rings. The Morgan fingerprint density at radius 3 is 2.64 bits per heavy atom. The van der Waals surface area contributed by atoms with Crippen molar-refractivity contribution in [2.75, 3.05) is 24.5 Å². The van der Waals surface area contributed by atoms with Crippen LogP contribution >= 0.6 is 24.0 Å². The second-order valence-electron chi connectivity index (χ2n) is 8.94. The van der Waals surface area contributed by atoms with Crippen LogP contribution in [0.3, 0.4) is 0 Å². The smallest absolute Gasteiger partial charge is 0.267 e. The summed E-state index contributed by atoms with van der Waals surface area (Å²) < 4.78 is 2.00. The number of anilines is 1. The van der Waals surface area contributed by atoms with Crippen molar-refractivity contribution in [2.24, 2.45) is 17.6 Å². The zero-order valence-corrected chi connectivity index (χ0v) is 20.5. The zero-order chi connectivity index (χ0) is 23.9. The summed E-state index contributed by atoms with van der Waals surface area (Å²) in [5, 5.41) is 0. The maximum Gasteiger partial charge on any atom is 0.267 e. The summed E-state index contributed by atoms with van der Waals surface area (Å²) in [5.74, 6) is 0.114. The van der Waals surface area contributed by atoms with Crippen LogP contribution in [0.4, 0.5) is 5.82 Å². The van der Waals surface area contributed by atoms with Crippen LogP contribution in [-0.2, 0) is 9.59 Å². The van der Waals surface area contributed by atoms with Gasteiger partial charge in [-0.05, 0) is 43.4 Å². The van der Waals surface area contributed by atoms with Crippen molar-refractivity contribution < 1.29 is 9.59 Å². The number of nitrogens with two attached hydrogens (primary N) is 1. The molecule has 10 heteroatoms. The summed E-state index contributed by atoms with van der Waals surface area (Å²) >= 11 is 6.63. The summed E-state index contributed by atoms with van der Waals surface area (Å²) in [6.45, 7) is 7.60. The van der Waals surface area contributed by atoms with Crippen molar-refractivity contribution in [3.05, 3.63) is 44.7 Å². The number of fused-ring (bicyclic) bond motifs is 1. The molecule has 174 valence electrons. The topological polar surface area (TPSA) is 101 Å². The van der Waals surface area contributed by atoms with Gasteiger partial charge in [-0.3, -0.25) is 23.7 Å². The number of hydrogen-bond donors (Lipinski definition) is 1. The predicted molar refractivity (Wildman–Crippen MR) is 135 cm³/mol. The molecule has 8 nitrogen and oxygen atoms in total. The van der Waals surface area contributed by atoms with Gasteiger partial charge in [0.15, 0.2) is 0 Å². The van der Waals surface area contributed by atoms with Gasteiger partial charge in [0, 0.05) is 31.7 Å². The quantitative estimate of drug-likeness (QED) is 0.513. The van der Waals surface area contributed by atoms with Crippen molar-refractivity contribution in [3.8, 4) is 0 Å². The van der Waals surface area contributed by atoms with Gasteiger partial charge in [-0.1, -0.05) is 43.9 Å². The van der Waals surface area contributed by atoms with Crippen LogP contribution < -0.4 is 16.2 Å². The van der Waals surface area contributed by atoms with E-state index in [1.165, 1.54) is 16.2 Å². The van der Waals surface area contributed by atoms with E-state index in [-0.39, 0.29) is 29.2 Å². The third-order valence-corrected chi connectivity index (χ3v) is 7.26. The van der Waals surface area contributed by atoms with E-state index in [1.807, 2.05) is 37.8 Å². The van der Waals surface area contributed by atoms with Gasteiger partial charge in [-0.15, -0.1) is 0 Å². The van der Waals surface area contributed by atoms with Gasteiger partial charge in [0.1, 0.15) is 15.8 Å². The number of carbonyl (C=O) groups excluding carboxylic acids is 2. The maximum atomic E-state index is 13.6. The summed E-state index contributed by atoms with van der Waals surface area (Å²) in [6, 6.07) is 3.71. The second kappa shape index (κ2) is 9.26. The number of aromatic nitrogens is 2. The van der Waals surface area contributed by atoms with E-state index in [0.717, 1.165) is 5.56 Å². The molecule has 4 heterocycles. The Morgan fingerprint density at radius 2 is 2.00 bits per heavy atom. The first-order valence-electron chi connectivity index (χ1n) is 11.0. The lowest BCUT2D eigenvalue weighted by molar-refractivity contribution is -0.123. The van der Waals surface area contributed by atoms with Gasteiger partial charge in [0.05, 0.1) is 10.5 Å². The number of amides is 2. The van der Waals surface area contributed by atoms with E-state index in [0.29, 0.717) is 58.7 Å². The van der Waals surface area contributed by atoms with Crippen molar-refractivity contribution >= 4 is 57.7 Å². The zero-order valence-electron chi connectivity index (χ0n) is 18.9. The predicted octanol–water partition coefficient (Wildman–Crippen LogP) is 2.56. The fourth-order valence-corrected chi connectivity index (χ4v) is 5.40. The Hall–Kier alpha value is -2.72. The molecule has 0 saturated carbocycles. The third kappa shape index (κ3) is 4.67. The standard InChI is InChI=1S/C23H27N5O3S2/c1-13(2)11-28-22(31)17(33-23(28)32)10-16-20(26-8-6-15(7-9-26)19(24)29)25-18-5-4-14(3)12-27(18)21(16)30/h4-5,10,12-13,15H,6-9,11H2,1-3H3,(H2,24,29)/b17-10+. The monoisotopic (exact) mass is 485 g/mol. The molecule has 2 aromatic heterocycles. The Balaban J connectivity index is 1.80. The van der Waals surface area contributed by atoms with Gasteiger partial charge in [0.2, 0.25) is 5.91 Å². The first-order valence-corrected chi connectivity index (χ1v) is 12.2. The van der Waals surface area contributed by atoms with Gasteiger partial charge in [-0.2, -0.15) is 0 Å². The molecule has 4 rings (SSSR count). The van der Waals surface area contributed by atoms with Crippen molar-refractivity contribution in [1.82, 2.24) is 14.3 Å². The molecular formula is C23H27N5O3S2. The minimum Gasteiger partial charge on any atom is -0.369 e. The van der Waals surface area contributed by atoms with Crippen LogP contribution in [0.15, 0.2) is 28.0 Å². The van der Waals surface area contributed by atoms with E-state index < -0.39 is 0 Å². The Bertz CT molecular complexity index is 1230. The number of hydrogen-bond acceptors (Lipinski definition) is 7. The summed E-state index contributed by atoms with van der Waals surface area (Å²) in [5.41, 5.74) is 7.04. The normalized spacial score (nSPS) is 18.8. The molecule has 0 radical (unpaired) electrons. The fraction of sp³-hybridized carbons (Fsp3) is 0.435. The van der Waals surface area contributed by atoms with E-state index in [1.54, 1.807) is 17.2 Å². The van der Waals surface area contributed by atoms with Gasteiger partial charge < -0.3 is 10.6 Å². The summed E-state index contributed by atoms with van der Waals surface area (Å²) in [6.07, 6.45) is 4.56. The molecule has 2 aliphatic heterocycles. The highest BCUT2D eigenvalue weighted by molar-refractivity contribution is 8.26. The Kier molecular flexibility index (Phi) is 6.58. The first-order chi connectivity index (χ1) is 15.7. The van der Waals surface area contributed by atoms with Gasteiger partial charge in [-0.25, -0.2) is 4.98 Å². The number of carbonyl (C=O) groups is 2. The number of nitrogens with zero attached hydrogens (tertiary/aromatic N) is 4. The molecule has 0 atom stereocenters. The van der Waals surface area contributed by atoms with Crippen LogP contribution in [0.2, 0.25) is 0 Å². The fourth-order valence-electron chi connectivity index (χ4n) is 4.14. The number of piperidine rings is 1. The number of thiocarbonyl (C=S) groups is 1. The highest BCUT2D eigenvalue weighted by Crippen LogP contribution is 2.34. The molecule has 2 aliphatic rings. The molecule has 33 heavy (non-hydrogen) atoms.